The number of likely N-dealkylation sites (tertiary alicyclic amines) is 1. The zero-order valence-electron chi connectivity index (χ0n) is 16.9. The van der Waals surface area contributed by atoms with Gasteiger partial charge in [0, 0.05) is 24.6 Å². The smallest absolute Gasteiger partial charge is 0.253 e. The van der Waals surface area contributed by atoms with Gasteiger partial charge in [0.2, 0.25) is 5.91 Å². The molecule has 4 nitrogen and oxygen atoms in total. The molecule has 1 heterocycles. The Morgan fingerprint density at radius 3 is 1.97 bits per heavy atom. The number of piperidine rings is 1. The summed E-state index contributed by atoms with van der Waals surface area (Å²) in [5.74, 6) is -0.928. The lowest BCUT2D eigenvalue weighted by molar-refractivity contribution is -0.128. The quantitative estimate of drug-likeness (QED) is 0.809. The van der Waals surface area contributed by atoms with E-state index in [0.717, 1.165) is 31.2 Å². The molecule has 4 rings (SSSR count). The van der Waals surface area contributed by atoms with Gasteiger partial charge in [0.1, 0.15) is 11.6 Å². The highest BCUT2D eigenvalue weighted by Crippen LogP contribution is 2.39. The number of amides is 2. The number of rotatable bonds is 4. The van der Waals surface area contributed by atoms with Crippen LogP contribution in [0.25, 0.3) is 0 Å². The Morgan fingerprint density at radius 1 is 0.867 bits per heavy atom. The summed E-state index contributed by atoms with van der Waals surface area (Å²) in [5, 5.41) is 3.27. The van der Waals surface area contributed by atoms with Crippen LogP contribution in [-0.2, 0) is 10.3 Å². The number of halogens is 2. The van der Waals surface area contributed by atoms with Gasteiger partial charge >= 0.3 is 0 Å². The van der Waals surface area contributed by atoms with E-state index in [1.807, 2.05) is 0 Å². The van der Waals surface area contributed by atoms with Crippen molar-refractivity contribution in [1.29, 1.82) is 0 Å². The van der Waals surface area contributed by atoms with Crippen LogP contribution < -0.4 is 5.32 Å². The molecule has 0 unspecified atom stereocenters. The minimum Gasteiger partial charge on any atom is -0.346 e. The molecule has 2 amide bonds. The Kier molecular flexibility index (Phi) is 5.84. The van der Waals surface area contributed by atoms with Crippen LogP contribution in [0.3, 0.4) is 0 Å². The van der Waals surface area contributed by atoms with Crippen LogP contribution >= 0.6 is 0 Å². The molecule has 1 saturated heterocycles. The molecule has 2 aromatic rings. The molecule has 6 heteroatoms. The average molecular weight is 412 g/mol. The van der Waals surface area contributed by atoms with Crippen LogP contribution in [0, 0.1) is 17.6 Å². The van der Waals surface area contributed by atoms with Gasteiger partial charge in [-0.25, -0.2) is 8.78 Å². The van der Waals surface area contributed by atoms with Crippen LogP contribution in [0.2, 0.25) is 0 Å². The van der Waals surface area contributed by atoms with E-state index in [1.54, 1.807) is 17.0 Å². The Labute approximate surface area is 175 Å². The van der Waals surface area contributed by atoms with E-state index in [-0.39, 0.29) is 29.4 Å². The van der Waals surface area contributed by atoms with E-state index in [0.29, 0.717) is 31.5 Å². The molecule has 1 saturated carbocycles. The molecule has 0 bridgehead atoms. The van der Waals surface area contributed by atoms with Crippen molar-refractivity contribution in [3.63, 3.8) is 0 Å². The van der Waals surface area contributed by atoms with Crippen molar-refractivity contribution in [1.82, 2.24) is 10.2 Å². The number of hydrogen-bond acceptors (Lipinski definition) is 2. The predicted octanol–water partition coefficient (Wildman–Crippen LogP) is 4.40. The molecule has 2 aromatic carbocycles. The lowest BCUT2D eigenvalue weighted by atomic mass is 9.86. The second-order valence-electron chi connectivity index (χ2n) is 8.36. The van der Waals surface area contributed by atoms with Crippen LogP contribution in [-0.4, -0.2) is 29.8 Å². The third kappa shape index (κ3) is 4.23. The van der Waals surface area contributed by atoms with Crippen molar-refractivity contribution in [2.45, 2.75) is 44.1 Å². The predicted molar refractivity (Wildman–Crippen MR) is 110 cm³/mol. The van der Waals surface area contributed by atoms with Crippen LogP contribution in [0.4, 0.5) is 8.78 Å². The fourth-order valence-corrected chi connectivity index (χ4v) is 4.69. The largest absolute Gasteiger partial charge is 0.346 e. The summed E-state index contributed by atoms with van der Waals surface area (Å²) in [6, 6.07) is 12.0. The third-order valence-corrected chi connectivity index (χ3v) is 6.46. The van der Waals surface area contributed by atoms with Crippen molar-refractivity contribution < 1.29 is 18.4 Å². The molecular formula is C24H26F2N2O2. The molecule has 1 aliphatic carbocycles. The number of benzene rings is 2. The van der Waals surface area contributed by atoms with E-state index < -0.39 is 5.54 Å². The van der Waals surface area contributed by atoms with Gasteiger partial charge < -0.3 is 10.2 Å². The summed E-state index contributed by atoms with van der Waals surface area (Å²) < 4.78 is 26.4. The maximum absolute atomic E-state index is 13.4. The maximum atomic E-state index is 13.4. The normalized spacial score (nSPS) is 18.9. The summed E-state index contributed by atoms with van der Waals surface area (Å²) in [4.78, 5) is 27.4. The Balaban J connectivity index is 1.38. The van der Waals surface area contributed by atoms with E-state index in [2.05, 4.69) is 5.32 Å². The average Bonchev–Trinajstić information content (AvgIpc) is 3.24. The second kappa shape index (κ2) is 8.54. The zero-order valence-corrected chi connectivity index (χ0v) is 16.9. The SMILES string of the molecule is O=C(NC1(c2ccc(F)cc2)CCCC1)C1CCN(C(=O)c2ccc(F)cc2)CC1. The van der Waals surface area contributed by atoms with Gasteiger partial charge in [-0.3, -0.25) is 9.59 Å². The monoisotopic (exact) mass is 412 g/mol. The molecule has 1 N–H and O–H groups in total. The first-order valence-corrected chi connectivity index (χ1v) is 10.6. The molecule has 0 radical (unpaired) electrons. The maximum Gasteiger partial charge on any atom is 0.253 e. The fraction of sp³-hybridized carbons (Fsp3) is 0.417. The van der Waals surface area contributed by atoms with E-state index in [4.69, 9.17) is 0 Å². The number of hydrogen-bond donors (Lipinski definition) is 1. The van der Waals surface area contributed by atoms with Crippen molar-refractivity contribution in [2.24, 2.45) is 5.92 Å². The minimum atomic E-state index is -0.425. The van der Waals surface area contributed by atoms with E-state index in [1.165, 1.54) is 36.4 Å². The highest BCUT2D eigenvalue weighted by atomic mass is 19.1. The van der Waals surface area contributed by atoms with Gasteiger partial charge in [-0.1, -0.05) is 25.0 Å². The van der Waals surface area contributed by atoms with Gasteiger partial charge in [-0.05, 0) is 67.6 Å². The van der Waals surface area contributed by atoms with Crippen molar-refractivity contribution in [3.05, 3.63) is 71.3 Å². The van der Waals surface area contributed by atoms with Crippen LogP contribution in [0.15, 0.2) is 48.5 Å². The summed E-state index contributed by atoms with van der Waals surface area (Å²) in [6.45, 7) is 0.996. The molecule has 0 spiro atoms. The Bertz CT molecular complexity index is 898. The molecule has 2 fully saturated rings. The highest BCUT2D eigenvalue weighted by Gasteiger charge is 2.39. The topological polar surface area (TPSA) is 49.4 Å². The lowest BCUT2D eigenvalue weighted by Gasteiger charge is -2.36. The molecule has 1 aliphatic heterocycles. The van der Waals surface area contributed by atoms with E-state index in [9.17, 15) is 18.4 Å². The third-order valence-electron chi connectivity index (χ3n) is 6.46. The Hall–Kier alpha value is -2.76. The fourth-order valence-electron chi connectivity index (χ4n) is 4.69. The van der Waals surface area contributed by atoms with Gasteiger partial charge in [0.25, 0.3) is 5.91 Å². The van der Waals surface area contributed by atoms with Crippen molar-refractivity contribution >= 4 is 11.8 Å². The van der Waals surface area contributed by atoms with Crippen molar-refractivity contribution in [3.8, 4) is 0 Å². The second-order valence-corrected chi connectivity index (χ2v) is 8.36. The molecule has 158 valence electrons. The summed E-state index contributed by atoms with van der Waals surface area (Å²) in [6.07, 6.45) is 4.96. The van der Waals surface area contributed by atoms with Crippen LogP contribution in [0.1, 0.15) is 54.4 Å². The molecule has 30 heavy (non-hydrogen) atoms. The molecule has 0 atom stereocenters. The summed E-state index contributed by atoms with van der Waals surface area (Å²) >= 11 is 0. The van der Waals surface area contributed by atoms with Gasteiger partial charge in [-0.2, -0.15) is 0 Å². The zero-order chi connectivity index (χ0) is 21.1. The first-order chi connectivity index (χ1) is 14.5. The highest BCUT2D eigenvalue weighted by molar-refractivity contribution is 5.94. The van der Waals surface area contributed by atoms with Gasteiger partial charge in [0.15, 0.2) is 0 Å². The van der Waals surface area contributed by atoms with Gasteiger partial charge in [-0.15, -0.1) is 0 Å². The minimum absolute atomic E-state index is 0.00936. The Morgan fingerprint density at radius 2 is 1.40 bits per heavy atom. The number of carbonyl (C=O) groups excluding carboxylic acids is 2. The molecule has 2 aliphatic rings. The first kappa shape index (κ1) is 20.5. The number of nitrogens with zero attached hydrogens (tertiary/aromatic N) is 1. The summed E-state index contributed by atoms with van der Waals surface area (Å²) in [7, 11) is 0. The van der Waals surface area contributed by atoms with Gasteiger partial charge in [0.05, 0.1) is 5.54 Å². The lowest BCUT2D eigenvalue weighted by Crippen LogP contribution is -2.49. The van der Waals surface area contributed by atoms with E-state index >= 15 is 0 Å². The first-order valence-electron chi connectivity index (χ1n) is 10.6. The standard InChI is InChI=1S/C24H26F2N2O2/c25-20-7-3-18(4-8-20)23(30)28-15-11-17(12-16-28)22(29)27-24(13-1-2-14-24)19-5-9-21(26)10-6-19/h3-10,17H,1-2,11-16H2,(H,27,29). The van der Waals surface area contributed by atoms with Crippen LogP contribution in [0.5, 0.6) is 0 Å². The summed E-state index contributed by atoms with van der Waals surface area (Å²) in [5.41, 5.74) is 0.991. The molecule has 0 aromatic heterocycles. The molecular weight excluding hydrogens is 386 g/mol. The number of carbonyl (C=O) groups is 2. The van der Waals surface area contributed by atoms with Crippen molar-refractivity contribution in [2.75, 3.05) is 13.1 Å². The number of nitrogens with one attached hydrogen (secondary N) is 1.